The average Bonchev–Trinajstić information content (AvgIpc) is 2.54. The van der Waals surface area contributed by atoms with Gasteiger partial charge in [-0.3, -0.25) is 4.79 Å². The third kappa shape index (κ3) is 4.88. The number of esters is 1. The Hall–Kier alpha value is -0.750. The topological polar surface area (TPSA) is 58.6 Å². The molecule has 2 aliphatic heterocycles. The normalized spacial score (nSPS) is 26.4. The van der Waals surface area contributed by atoms with Crippen LogP contribution < -0.4 is 5.32 Å². The van der Waals surface area contributed by atoms with E-state index >= 15 is 0 Å². The number of hydrogen-bond donors (Lipinski definition) is 1. The zero-order valence-electron chi connectivity index (χ0n) is 12.8. The predicted octanol–water partition coefficient (Wildman–Crippen LogP) is 1.27. The highest BCUT2D eigenvalue weighted by molar-refractivity contribution is 7.99. The van der Waals surface area contributed by atoms with Crippen LogP contribution in [0.15, 0.2) is 0 Å². The highest BCUT2D eigenvalue weighted by Gasteiger charge is 2.33. The molecule has 0 spiro atoms. The standard InChI is InChI=1S/C15H26N2O3S/c1-2-20-15(19)13-11-21-9-8-17(13)14(18)6-5-12-4-3-7-16-10-12/h12-13,16H,2-11H2,1H3. The summed E-state index contributed by atoms with van der Waals surface area (Å²) < 4.78 is 5.10. The quantitative estimate of drug-likeness (QED) is 0.775. The van der Waals surface area contributed by atoms with E-state index in [0.717, 1.165) is 25.3 Å². The fraction of sp³-hybridized carbons (Fsp3) is 0.867. The number of nitrogens with one attached hydrogen (secondary N) is 1. The van der Waals surface area contributed by atoms with E-state index in [1.165, 1.54) is 12.8 Å². The van der Waals surface area contributed by atoms with Gasteiger partial charge in [-0.15, -0.1) is 0 Å². The van der Waals surface area contributed by atoms with Crippen LogP contribution in [0.4, 0.5) is 0 Å². The van der Waals surface area contributed by atoms with E-state index < -0.39 is 0 Å². The van der Waals surface area contributed by atoms with Crippen molar-refractivity contribution in [1.29, 1.82) is 0 Å². The first-order valence-electron chi connectivity index (χ1n) is 7.97. The van der Waals surface area contributed by atoms with Gasteiger partial charge in [0.2, 0.25) is 5.91 Å². The van der Waals surface area contributed by atoms with Crippen LogP contribution in [0.3, 0.4) is 0 Å². The summed E-state index contributed by atoms with van der Waals surface area (Å²) in [5.74, 6) is 2.03. The molecule has 2 unspecified atom stereocenters. The smallest absolute Gasteiger partial charge is 0.329 e. The Balaban J connectivity index is 1.84. The second-order valence-corrected chi connectivity index (χ2v) is 6.83. The van der Waals surface area contributed by atoms with E-state index in [-0.39, 0.29) is 17.9 Å². The number of nitrogens with zero attached hydrogens (tertiary/aromatic N) is 1. The molecule has 5 nitrogen and oxygen atoms in total. The van der Waals surface area contributed by atoms with Crippen LogP contribution in [0.1, 0.15) is 32.6 Å². The molecule has 1 N–H and O–H groups in total. The highest BCUT2D eigenvalue weighted by atomic mass is 32.2. The Bertz CT molecular complexity index is 359. The summed E-state index contributed by atoms with van der Waals surface area (Å²) in [4.78, 5) is 26.2. The number of rotatable bonds is 5. The lowest BCUT2D eigenvalue weighted by Crippen LogP contribution is -2.51. The Morgan fingerprint density at radius 3 is 3.00 bits per heavy atom. The Morgan fingerprint density at radius 1 is 1.43 bits per heavy atom. The lowest BCUT2D eigenvalue weighted by atomic mass is 9.94. The van der Waals surface area contributed by atoms with Gasteiger partial charge in [-0.05, 0) is 45.2 Å². The molecule has 2 saturated heterocycles. The third-order valence-electron chi connectivity index (χ3n) is 4.17. The number of amides is 1. The molecular weight excluding hydrogens is 288 g/mol. The second kappa shape index (κ2) is 8.63. The maximum atomic E-state index is 12.4. The van der Waals surface area contributed by atoms with E-state index in [2.05, 4.69) is 5.32 Å². The van der Waals surface area contributed by atoms with Crippen molar-refractivity contribution in [3.8, 4) is 0 Å². The monoisotopic (exact) mass is 314 g/mol. The third-order valence-corrected chi connectivity index (χ3v) is 5.20. The molecule has 21 heavy (non-hydrogen) atoms. The first kappa shape index (κ1) is 16.6. The fourth-order valence-corrected chi connectivity index (χ4v) is 4.01. The van der Waals surface area contributed by atoms with Gasteiger partial charge in [-0.25, -0.2) is 4.79 Å². The van der Waals surface area contributed by atoms with Crippen LogP contribution in [0, 0.1) is 5.92 Å². The Morgan fingerprint density at radius 2 is 2.29 bits per heavy atom. The molecule has 0 aromatic heterocycles. The molecule has 0 aliphatic carbocycles. The maximum absolute atomic E-state index is 12.4. The minimum absolute atomic E-state index is 0.110. The second-order valence-electron chi connectivity index (χ2n) is 5.68. The molecule has 0 aromatic carbocycles. The molecule has 2 aliphatic rings. The van der Waals surface area contributed by atoms with Crippen molar-refractivity contribution in [2.45, 2.75) is 38.6 Å². The lowest BCUT2D eigenvalue weighted by Gasteiger charge is -2.34. The summed E-state index contributed by atoms with van der Waals surface area (Å²) in [6.45, 7) is 4.95. The van der Waals surface area contributed by atoms with Crippen molar-refractivity contribution in [3.63, 3.8) is 0 Å². The molecule has 1 amide bonds. The van der Waals surface area contributed by atoms with Gasteiger partial charge in [0.05, 0.1) is 6.61 Å². The lowest BCUT2D eigenvalue weighted by molar-refractivity contribution is -0.154. The van der Waals surface area contributed by atoms with Crippen molar-refractivity contribution in [1.82, 2.24) is 10.2 Å². The molecule has 2 heterocycles. The van der Waals surface area contributed by atoms with Crippen LogP contribution >= 0.6 is 11.8 Å². The van der Waals surface area contributed by atoms with Crippen LogP contribution in [0.5, 0.6) is 0 Å². The molecule has 0 radical (unpaired) electrons. The van der Waals surface area contributed by atoms with Crippen molar-refractivity contribution < 1.29 is 14.3 Å². The van der Waals surface area contributed by atoms with Gasteiger partial charge in [0.25, 0.3) is 0 Å². The van der Waals surface area contributed by atoms with E-state index in [4.69, 9.17) is 4.74 Å². The van der Waals surface area contributed by atoms with Crippen molar-refractivity contribution >= 4 is 23.6 Å². The van der Waals surface area contributed by atoms with Crippen LogP contribution in [-0.4, -0.2) is 60.6 Å². The molecular formula is C15H26N2O3S. The summed E-state index contributed by atoms with van der Waals surface area (Å²) in [5, 5.41) is 3.38. The fourth-order valence-electron chi connectivity index (χ4n) is 2.98. The summed E-state index contributed by atoms with van der Waals surface area (Å²) >= 11 is 1.72. The van der Waals surface area contributed by atoms with E-state index in [1.54, 1.807) is 23.6 Å². The van der Waals surface area contributed by atoms with Gasteiger partial charge in [0, 0.05) is 24.5 Å². The number of carbonyl (C=O) groups excluding carboxylic acids is 2. The Kier molecular flexibility index (Phi) is 6.83. The first-order valence-corrected chi connectivity index (χ1v) is 9.12. The minimum atomic E-state index is -0.388. The summed E-state index contributed by atoms with van der Waals surface area (Å²) in [6.07, 6.45) is 3.88. The van der Waals surface area contributed by atoms with E-state index in [1.807, 2.05) is 0 Å². The zero-order valence-corrected chi connectivity index (χ0v) is 13.6. The van der Waals surface area contributed by atoms with Gasteiger partial charge in [-0.1, -0.05) is 0 Å². The average molecular weight is 314 g/mol. The van der Waals surface area contributed by atoms with Crippen molar-refractivity contribution in [2.75, 3.05) is 37.7 Å². The van der Waals surface area contributed by atoms with Gasteiger partial charge >= 0.3 is 5.97 Å². The van der Waals surface area contributed by atoms with Gasteiger partial charge in [0.15, 0.2) is 0 Å². The molecule has 0 saturated carbocycles. The predicted molar refractivity (Wildman–Crippen MR) is 84.3 cm³/mol. The van der Waals surface area contributed by atoms with Crippen LogP contribution in [0.25, 0.3) is 0 Å². The van der Waals surface area contributed by atoms with Gasteiger partial charge in [-0.2, -0.15) is 11.8 Å². The van der Waals surface area contributed by atoms with Crippen molar-refractivity contribution in [3.05, 3.63) is 0 Å². The summed E-state index contributed by atoms with van der Waals surface area (Å²) in [6, 6.07) is -0.388. The molecule has 2 atom stereocenters. The molecule has 2 fully saturated rings. The summed E-state index contributed by atoms with van der Waals surface area (Å²) in [5.41, 5.74) is 0. The van der Waals surface area contributed by atoms with E-state index in [9.17, 15) is 9.59 Å². The molecule has 0 aromatic rings. The summed E-state index contributed by atoms with van der Waals surface area (Å²) in [7, 11) is 0. The largest absolute Gasteiger partial charge is 0.464 e. The first-order chi connectivity index (χ1) is 10.2. The van der Waals surface area contributed by atoms with Crippen molar-refractivity contribution in [2.24, 2.45) is 5.92 Å². The molecule has 0 bridgehead atoms. The van der Waals surface area contributed by atoms with Crippen LogP contribution in [0.2, 0.25) is 0 Å². The molecule has 120 valence electrons. The zero-order chi connectivity index (χ0) is 15.1. The molecule has 6 heteroatoms. The Labute approximate surface area is 131 Å². The maximum Gasteiger partial charge on any atom is 0.329 e. The number of ether oxygens (including phenoxy) is 1. The van der Waals surface area contributed by atoms with Crippen LogP contribution in [-0.2, 0) is 14.3 Å². The van der Waals surface area contributed by atoms with Gasteiger partial charge in [0.1, 0.15) is 6.04 Å². The van der Waals surface area contributed by atoms with E-state index in [0.29, 0.717) is 31.2 Å². The highest BCUT2D eigenvalue weighted by Crippen LogP contribution is 2.21. The number of hydrogen-bond acceptors (Lipinski definition) is 5. The number of piperidine rings is 1. The van der Waals surface area contributed by atoms with Gasteiger partial charge < -0.3 is 15.0 Å². The SMILES string of the molecule is CCOC(=O)C1CSCCN1C(=O)CCC1CCCNC1. The number of carbonyl (C=O) groups is 2. The molecule has 2 rings (SSSR count). The minimum Gasteiger partial charge on any atom is -0.464 e. The number of thioether (sulfide) groups is 1.